The molecule has 1 amide bonds. The highest BCUT2D eigenvalue weighted by Crippen LogP contribution is 2.15. The fraction of sp³-hybridized carbons (Fsp3) is 0.538. The lowest BCUT2D eigenvalue weighted by Gasteiger charge is -2.36. The van der Waals surface area contributed by atoms with E-state index < -0.39 is 0 Å². The van der Waals surface area contributed by atoms with Crippen LogP contribution in [0, 0.1) is 6.92 Å². The van der Waals surface area contributed by atoms with Crippen LogP contribution >= 0.6 is 0 Å². The van der Waals surface area contributed by atoms with Crippen LogP contribution in [0.25, 0.3) is 0 Å². The zero-order valence-electron chi connectivity index (χ0n) is 10.8. The van der Waals surface area contributed by atoms with Gasteiger partial charge in [0.25, 0.3) is 5.91 Å². The maximum absolute atomic E-state index is 12.4. The van der Waals surface area contributed by atoms with Crippen molar-refractivity contribution in [2.45, 2.75) is 26.1 Å². The first-order chi connectivity index (χ1) is 8.61. The molecule has 1 aromatic heterocycles. The van der Waals surface area contributed by atoms with Gasteiger partial charge in [-0.15, -0.1) is 0 Å². The Morgan fingerprint density at radius 3 is 3.06 bits per heavy atom. The van der Waals surface area contributed by atoms with Gasteiger partial charge in [-0.25, -0.2) is 0 Å². The summed E-state index contributed by atoms with van der Waals surface area (Å²) in [6, 6.07) is 3.59. The Hall–Kier alpha value is -1.46. The summed E-state index contributed by atoms with van der Waals surface area (Å²) >= 11 is 0. The molecule has 0 spiro atoms. The molecule has 0 saturated carbocycles. The van der Waals surface area contributed by atoms with Gasteiger partial charge in [0.2, 0.25) is 0 Å². The van der Waals surface area contributed by atoms with E-state index in [9.17, 15) is 4.79 Å². The number of ether oxygens (including phenoxy) is 1. The van der Waals surface area contributed by atoms with Gasteiger partial charge in [0.1, 0.15) is 0 Å². The summed E-state index contributed by atoms with van der Waals surface area (Å²) < 4.78 is 5.65. The number of carbonyl (C=O) groups excluding carboxylic acids is 1. The molecule has 1 fully saturated rings. The number of amides is 1. The number of pyridine rings is 1. The molecule has 2 N–H and O–H groups in total. The third-order valence-electron chi connectivity index (χ3n) is 3.11. The summed E-state index contributed by atoms with van der Waals surface area (Å²) in [5, 5.41) is 0. The summed E-state index contributed by atoms with van der Waals surface area (Å²) in [6.07, 6.45) is 1.64. The molecule has 0 radical (unpaired) electrons. The first-order valence-corrected chi connectivity index (χ1v) is 6.18. The van der Waals surface area contributed by atoms with Gasteiger partial charge in [-0.1, -0.05) is 0 Å². The fourth-order valence-corrected chi connectivity index (χ4v) is 2.22. The number of nitrogens with zero attached hydrogens (tertiary/aromatic N) is 2. The van der Waals surface area contributed by atoms with E-state index in [1.54, 1.807) is 17.2 Å². The molecule has 1 aromatic rings. The molecule has 2 atom stereocenters. The highest BCUT2D eigenvalue weighted by Gasteiger charge is 2.28. The summed E-state index contributed by atoms with van der Waals surface area (Å²) in [4.78, 5) is 18.4. The molecule has 0 bridgehead atoms. The van der Waals surface area contributed by atoms with Crippen molar-refractivity contribution in [1.82, 2.24) is 9.88 Å². The number of nitrogens with two attached hydrogens (primary N) is 1. The zero-order chi connectivity index (χ0) is 13.1. The van der Waals surface area contributed by atoms with Crippen molar-refractivity contribution in [3.05, 3.63) is 29.6 Å². The monoisotopic (exact) mass is 249 g/mol. The topological polar surface area (TPSA) is 68.5 Å². The van der Waals surface area contributed by atoms with E-state index in [0.29, 0.717) is 25.2 Å². The average molecular weight is 249 g/mol. The van der Waals surface area contributed by atoms with Gasteiger partial charge in [-0.2, -0.15) is 0 Å². The van der Waals surface area contributed by atoms with Gasteiger partial charge in [0, 0.05) is 31.5 Å². The van der Waals surface area contributed by atoms with Gasteiger partial charge >= 0.3 is 0 Å². The quantitative estimate of drug-likeness (QED) is 0.832. The third-order valence-corrected chi connectivity index (χ3v) is 3.11. The second-order valence-corrected chi connectivity index (χ2v) is 4.65. The predicted octanol–water partition coefficient (Wildman–Crippen LogP) is 0.578. The first-order valence-electron chi connectivity index (χ1n) is 6.18. The second-order valence-electron chi connectivity index (χ2n) is 4.65. The SMILES string of the molecule is Cc1ncccc1C(=O)N1CC(C)OC(CN)C1. The van der Waals surface area contributed by atoms with E-state index in [-0.39, 0.29) is 18.1 Å². The van der Waals surface area contributed by atoms with Crippen LogP contribution in [0.5, 0.6) is 0 Å². The Bertz CT molecular complexity index is 436. The standard InChI is InChI=1S/C13H19N3O2/c1-9-7-16(8-11(6-14)18-9)13(17)12-4-3-5-15-10(12)2/h3-5,9,11H,6-8,14H2,1-2H3. The van der Waals surface area contributed by atoms with E-state index in [0.717, 1.165) is 5.69 Å². The molecule has 5 heteroatoms. The molecule has 2 unspecified atom stereocenters. The van der Waals surface area contributed by atoms with Crippen molar-refractivity contribution >= 4 is 5.91 Å². The van der Waals surface area contributed by atoms with E-state index in [1.165, 1.54) is 0 Å². The van der Waals surface area contributed by atoms with E-state index >= 15 is 0 Å². The largest absolute Gasteiger partial charge is 0.370 e. The van der Waals surface area contributed by atoms with Crippen LogP contribution in [0.3, 0.4) is 0 Å². The molecule has 0 aromatic carbocycles. The molecular formula is C13H19N3O2. The molecule has 1 aliphatic rings. The van der Waals surface area contributed by atoms with Gasteiger partial charge in [-0.3, -0.25) is 9.78 Å². The molecule has 2 rings (SSSR count). The molecule has 98 valence electrons. The Morgan fingerprint density at radius 2 is 2.39 bits per heavy atom. The Balaban J connectivity index is 2.16. The zero-order valence-corrected chi connectivity index (χ0v) is 10.8. The smallest absolute Gasteiger partial charge is 0.255 e. The van der Waals surface area contributed by atoms with Crippen molar-refractivity contribution < 1.29 is 9.53 Å². The second kappa shape index (κ2) is 5.46. The van der Waals surface area contributed by atoms with Gasteiger partial charge in [0.05, 0.1) is 17.8 Å². The Morgan fingerprint density at radius 1 is 1.61 bits per heavy atom. The minimum absolute atomic E-state index is 0.00852. The number of hydrogen-bond acceptors (Lipinski definition) is 4. The molecule has 1 saturated heterocycles. The van der Waals surface area contributed by atoms with Crippen molar-refractivity contribution in [1.29, 1.82) is 0 Å². The number of carbonyl (C=O) groups is 1. The minimum Gasteiger partial charge on any atom is -0.370 e. The highest BCUT2D eigenvalue weighted by atomic mass is 16.5. The van der Waals surface area contributed by atoms with Crippen LogP contribution in [0.1, 0.15) is 23.0 Å². The Labute approximate surface area is 107 Å². The third kappa shape index (κ3) is 2.68. The van der Waals surface area contributed by atoms with Gasteiger partial charge in [-0.05, 0) is 26.0 Å². The summed E-state index contributed by atoms with van der Waals surface area (Å²) in [5.41, 5.74) is 7.03. The van der Waals surface area contributed by atoms with Crippen LogP contribution in [-0.2, 0) is 4.74 Å². The number of rotatable bonds is 2. The molecular weight excluding hydrogens is 230 g/mol. The number of morpholine rings is 1. The lowest BCUT2D eigenvalue weighted by atomic mass is 10.1. The van der Waals surface area contributed by atoms with Crippen LogP contribution in [-0.4, -0.2) is 47.6 Å². The number of aryl methyl sites for hydroxylation is 1. The Kier molecular flexibility index (Phi) is 3.93. The summed E-state index contributed by atoms with van der Waals surface area (Å²) in [6.45, 7) is 5.38. The lowest BCUT2D eigenvalue weighted by molar-refractivity contribution is -0.0626. The lowest BCUT2D eigenvalue weighted by Crippen LogP contribution is -2.51. The molecule has 18 heavy (non-hydrogen) atoms. The van der Waals surface area contributed by atoms with Crippen LogP contribution in [0.15, 0.2) is 18.3 Å². The van der Waals surface area contributed by atoms with E-state index in [1.807, 2.05) is 19.9 Å². The van der Waals surface area contributed by atoms with Crippen molar-refractivity contribution in [2.75, 3.05) is 19.6 Å². The molecule has 1 aliphatic heterocycles. The molecule has 2 heterocycles. The minimum atomic E-state index is -0.0744. The van der Waals surface area contributed by atoms with Crippen LogP contribution < -0.4 is 5.73 Å². The number of hydrogen-bond donors (Lipinski definition) is 1. The van der Waals surface area contributed by atoms with E-state index in [2.05, 4.69) is 4.98 Å². The maximum Gasteiger partial charge on any atom is 0.255 e. The maximum atomic E-state index is 12.4. The van der Waals surface area contributed by atoms with Gasteiger partial charge < -0.3 is 15.4 Å². The van der Waals surface area contributed by atoms with E-state index in [4.69, 9.17) is 10.5 Å². The molecule has 0 aliphatic carbocycles. The van der Waals surface area contributed by atoms with Crippen molar-refractivity contribution in [3.63, 3.8) is 0 Å². The summed E-state index contributed by atoms with van der Waals surface area (Å²) in [5.74, 6) is 0.00852. The fourth-order valence-electron chi connectivity index (χ4n) is 2.22. The average Bonchev–Trinajstić information content (AvgIpc) is 2.37. The van der Waals surface area contributed by atoms with Crippen molar-refractivity contribution in [3.8, 4) is 0 Å². The first kappa shape index (κ1) is 13.0. The normalized spacial score (nSPS) is 24.1. The predicted molar refractivity (Wildman–Crippen MR) is 68.3 cm³/mol. The summed E-state index contributed by atoms with van der Waals surface area (Å²) in [7, 11) is 0. The van der Waals surface area contributed by atoms with Crippen LogP contribution in [0.4, 0.5) is 0 Å². The molecule has 5 nitrogen and oxygen atoms in total. The highest BCUT2D eigenvalue weighted by molar-refractivity contribution is 5.95. The van der Waals surface area contributed by atoms with Crippen LogP contribution in [0.2, 0.25) is 0 Å². The van der Waals surface area contributed by atoms with Gasteiger partial charge in [0.15, 0.2) is 0 Å². The van der Waals surface area contributed by atoms with Crippen molar-refractivity contribution in [2.24, 2.45) is 5.73 Å². The number of aromatic nitrogens is 1.